The van der Waals surface area contributed by atoms with E-state index in [1.807, 2.05) is 0 Å². The van der Waals surface area contributed by atoms with E-state index in [1.54, 1.807) is 6.92 Å². The zero-order valence-corrected chi connectivity index (χ0v) is 17.3. The van der Waals surface area contributed by atoms with Gasteiger partial charge in [0.1, 0.15) is 12.4 Å². The highest BCUT2D eigenvalue weighted by molar-refractivity contribution is 7.89. The maximum absolute atomic E-state index is 12.8. The highest BCUT2D eigenvalue weighted by atomic mass is 32.2. The van der Waals surface area contributed by atoms with E-state index in [-0.39, 0.29) is 44.0 Å². The summed E-state index contributed by atoms with van der Waals surface area (Å²) in [7, 11) is -3.95. The van der Waals surface area contributed by atoms with Crippen LogP contribution in [-0.4, -0.2) is 74.4 Å². The Morgan fingerprint density at radius 1 is 1.19 bits per heavy atom. The number of amides is 1. The Labute approximate surface area is 176 Å². The number of halogens is 3. The van der Waals surface area contributed by atoms with E-state index in [1.165, 1.54) is 9.21 Å². The van der Waals surface area contributed by atoms with Crippen LogP contribution in [0.3, 0.4) is 0 Å². The van der Waals surface area contributed by atoms with Gasteiger partial charge in [0.05, 0.1) is 11.5 Å². The molecule has 0 bridgehead atoms. The molecule has 1 aromatic rings. The monoisotopic (exact) mass is 466 g/mol. The van der Waals surface area contributed by atoms with Crippen molar-refractivity contribution in [2.24, 2.45) is 0 Å². The molecule has 0 aliphatic carbocycles. The van der Waals surface area contributed by atoms with Gasteiger partial charge in [-0.1, -0.05) is 0 Å². The van der Waals surface area contributed by atoms with E-state index in [0.717, 1.165) is 24.3 Å². The van der Waals surface area contributed by atoms with E-state index < -0.39 is 46.3 Å². The number of benzene rings is 1. The standard InChI is InChI=1S/C18H21F3N2O7S/c1-2-28-16(24)15-11-29-17(25)23(15)12-7-9-22(10-8-12)31(26,27)14-5-3-13(4-6-14)30-18(19,20)21/h3-6,12,15H,2,7-11H2,1H3. The van der Waals surface area contributed by atoms with Gasteiger partial charge in [-0.2, -0.15) is 4.31 Å². The normalized spacial score (nSPS) is 21.1. The van der Waals surface area contributed by atoms with Crippen LogP contribution in [0.15, 0.2) is 29.2 Å². The number of carbonyl (C=O) groups is 2. The average molecular weight is 466 g/mol. The quantitative estimate of drug-likeness (QED) is 0.592. The first-order valence-corrected chi connectivity index (χ1v) is 10.9. The van der Waals surface area contributed by atoms with Crippen LogP contribution in [0.1, 0.15) is 19.8 Å². The van der Waals surface area contributed by atoms with E-state index in [4.69, 9.17) is 9.47 Å². The molecule has 1 aromatic carbocycles. The van der Waals surface area contributed by atoms with Gasteiger partial charge in [0.15, 0.2) is 6.04 Å². The van der Waals surface area contributed by atoms with Crippen molar-refractivity contribution in [1.82, 2.24) is 9.21 Å². The minimum atomic E-state index is -4.87. The van der Waals surface area contributed by atoms with Gasteiger partial charge in [-0.15, -0.1) is 13.2 Å². The van der Waals surface area contributed by atoms with Crippen molar-refractivity contribution in [3.8, 4) is 5.75 Å². The van der Waals surface area contributed by atoms with E-state index >= 15 is 0 Å². The van der Waals surface area contributed by atoms with E-state index in [2.05, 4.69) is 4.74 Å². The van der Waals surface area contributed by atoms with Gasteiger partial charge < -0.3 is 14.2 Å². The molecule has 3 rings (SSSR count). The molecule has 2 saturated heterocycles. The number of cyclic esters (lactones) is 1. The van der Waals surface area contributed by atoms with Gasteiger partial charge in [0, 0.05) is 19.1 Å². The Morgan fingerprint density at radius 2 is 1.81 bits per heavy atom. The smallest absolute Gasteiger partial charge is 0.464 e. The van der Waals surface area contributed by atoms with Crippen LogP contribution in [0.25, 0.3) is 0 Å². The Balaban J connectivity index is 1.65. The molecule has 2 heterocycles. The number of hydrogen-bond acceptors (Lipinski definition) is 7. The number of rotatable bonds is 6. The molecule has 13 heteroatoms. The molecule has 2 aliphatic heterocycles. The van der Waals surface area contributed by atoms with Crippen LogP contribution in [0, 0.1) is 0 Å². The first-order valence-electron chi connectivity index (χ1n) is 9.50. The topological polar surface area (TPSA) is 102 Å². The van der Waals surface area contributed by atoms with Crippen molar-refractivity contribution in [1.29, 1.82) is 0 Å². The number of alkyl halides is 3. The molecule has 0 saturated carbocycles. The molecule has 0 aromatic heterocycles. The summed E-state index contributed by atoms with van der Waals surface area (Å²) < 4.78 is 77.3. The first kappa shape index (κ1) is 23.1. The number of nitrogens with zero attached hydrogens (tertiary/aromatic N) is 2. The van der Waals surface area contributed by atoms with Gasteiger partial charge >= 0.3 is 18.4 Å². The van der Waals surface area contributed by atoms with Gasteiger partial charge in [0.2, 0.25) is 10.0 Å². The first-order chi connectivity index (χ1) is 14.5. The molecule has 172 valence electrons. The van der Waals surface area contributed by atoms with Crippen molar-refractivity contribution >= 4 is 22.1 Å². The average Bonchev–Trinajstić information content (AvgIpc) is 3.09. The second-order valence-corrected chi connectivity index (χ2v) is 8.84. The second-order valence-electron chi connectivity index (χ2n) is 6.91. The molecule has 0 radical (unpaired) electrons. The Bertz CT molecular complexity index is 913. The summed E-state index contributed by atoms with van der Waals surface area (Å²) in [5.74, 6) is -1.10. The molecule has 1 unspecified atom stereocenters. The molecular formula is C18H21F3N2O7S. The largest absolute Gasteiger partial charge is 0.573 e. The summed E-state index contributed by atoms with van der Waals surface area (Å²) in [6.45, 7) is 1.80. The number of esters is 1. The zero-order valence-electron chi connectivity index (χ0n) is 16.5. The van der Waals surface area contributed by atoms with Gasteiger partial charge in [-0.05, 0) is 44.0 Å². The number of carbonyl (C=O) groups excluding carboxylic acids is 2. The van der Waals surface area contributed by atoms with Crippen LogP contribution >= 0.6 is 0 Å². The highest BCUT2D eigenvalue weighted by Crippen LogP contribution is 2.29. The van der Waals surface area contributed by atoms with Crippen molar-refractivity contribution in [3.05, 3.63) is 24.3 Å². The molecule has 2 fully saturated rings. The van der Waals surface area contributed by atoms with Crippen LogP contribution in [-0.2, 0) is 24.3 Å². The lowest BCUT2D eigenvalue weighted by Crippen LogP contribution is -2.52. The SMILES string of the molecule is CCOC(=O)C1COC(=O)N1C1CCN(S(=O)(=O)c2ccc(OC(F)(F)F)cc2)CC1. The third-order valence-corrected chi connectivity index (χ3v) is 6.89. The maximum Gasteiger partial charge on any atom is 0.573 e. The Morgan fingerprint density at radius 3 is 2.35 bits per heavy atom. The van der Waals surface area contributed by atoms with Crippen molar-refractivity contribution in [2.45, 2.75) is 43.1 Å². The van der Waals surface area contributed by atoms with Crippen LogP contribution in [0.2, 0.25) is 0 Å². The number of ether oxygens (including phenoxy) is 3. The predicted octanol–water partition coefficient (Wildman–Crippen LogP) is 2.12. The maximum atomic E-state index is 12.8. The van der Waals surface area contributed by atoms with E-state index in [9.17, 15) is 31.2 Å². The Kier molecular flexibility index (Phi) is 6.65. The number of hydrogen-bond donors (Lipinski definition) is 0. The molecular weight excluding hydrogens is 445 g/mol. The van der Waals surface area contributed by atoms with Crippen molar-refractivity contribution in [2.75, 3.05) is 26.3 Å². The van der Waals surface area contributed by atoms with Crippen LogP contribution < -0.4 is 4.74 Å². The molecule has 9 nitrogen and oxygen atoms in total. The minimum Gasteiger partial charge on any atom is -0.464 e. The number of piperidine rings is 1. The summed E-state index contributed by atoms with van der Waals surface area (Å²) in [6.07, 6.45) is -5.00. The molecule has 2 aliphatic rings. The van der Waals surface area contributed by atoms with Gasteiger partial charge in [0.25, 0.3) is 0 Å². The third kappa shape index (κ3) is 5.21. The fourth-order valence-electron chi connectivity index (χ4n) is 3.58. The lowest BCUT2D eigenvalue weighted by molar-refractivity contribution is -0.274. The summed E-state index contributed by atoms with van der Waals surface area (Å²) >= 11 is 0. The molecule has 31 heavy (non-hydrogen) atoms. The summed E-state index contributed by atoms with van der Waals surface area (Å²) in [4.78, 5) is 25.3. The Hall–Kier alpha value is -2.54. The lowest BCUT2D eigenvalue weighted by atomic mass is 10.0. The van der Waals surface area contributed by atoms with Crippen LogP contribution in [0.5, 0.6) is 5.75 Å². The van der Waals surface area contributed by atoms with Gasteiger partial charge in [-0.25, -0.2) is 18.0 Å². The second kappa shape index (κ2) is 8.91. The molecule has 0 spiro atoms. The minimum absolute atomic E-state index is 0.0626. The summed E-state index contributed by atoms with van der Waals surface area (Å²) in [5.41, 5.74) is 0. The van der Waals surface area contributed by atoms with Crippen LogP contribution in [0.4, 0.5) is 18.0 Å². The third-order valence-electron chi connectivity index (χ3n) is 4.98. The summed E-state index contributed by atoms with van der Waals surface area (Å²) in [6, 6.07) is 2.66. The van der Waals surface area contributed by atoms with Crippen molar-refractivity contribution < 1.29 is 45.4 Å². The lowest BCUT2D eigenvalue weighted by Gasteiger charge is -2.36. The highest BCUT2D eigenvalue weighted by Gasteiger charge is 2.45. The zero-order chi connectivity index (χ0) is 22.8. The molecule has 1 amide bonds. The van der Waals surface area contributed by atoms with E-state index in [0.29, 0.717) is 0 Å². The molecule has 0 N–H and O–H groups in total. The molecule has 1 atom stereocenters. The number of sulfonamides is 1. The summed E-state index contributed by atoms with van der Waals surface area (Å²) in [5, 5.41) is 0. The fraction of sp³-hybridized carbons (Fsp3) is 0.556. The van der Waals surface area contributed by atoms with Gasteiger partial charge in [-0.3, -0.25) is 4.90 Å². The predicted molar refractivity (Wildman–Crippen MR) is 98.5 cm³/mol. The fourth-order valence-corrected chi connectivity index (χ4v) is 5.05. The van der Waals surface area contributed by atoms with Crippen molar-refractivity contribution in [3.63, 3.8) is 0 Å².